The molecule has 326 valence electrons. The van der Waals surface area contributed by atoms with Crippen molar-refractivity contribution in [3.63, 3.8) is 0 Å². The van der Waals surface area contributed by atoms with E-state index in [1.807, 2.05) is 0 Å². The smallest absolute Gasteiger partial charge is 0.137 e. The van der Waals surface area contributed by atoms with Crippen molar-refractivity contribution in [1.82, 2.24) is 4.57 Å². The molecule has 0 N–H and O–H groups in total. The Morgan fingerprint density at radius 3 is 1.54 bits per heavy atom. The first-order valence-corrected chi connectivity index (χ1v) is 24.2. The number of hydrogen-bond acceptors (Lipinski definition) is 2. The molecule has 0 radical (unpaired) electrons. The van der Waals surface area contributed by atoms with E-state index < -0.39 is 5.41 Å². The van der Waals surface area contributed by atoms with Crippen molar-refractivity contribution in [3.05, 3.63) is 277 Å². The minimum atomic E-state index is -0.404. The zero-order valence-corrected chi connectivity index (χ0v) is 38.1. The zero-order valence-electron chi connectivity index (χ0n) is 38.1. The average Bonchev–Trinajstić information content (AvgIpc) is 4.15. The van der Waals surface area contributed by atoms with Crippen molar-refractivity contribution in [1.29, 1.82) is 0 Å². The maximum Gasteiger partial charge on any atom is 0.137 e. The maximum atomic E-state index is 6.78. The quantitative estimate of drug-likeness (QED) is 0.166. The predicted octanol–water partition coefficient (Wildman–Crippen LogP) is 17.8. The predicted molar refractivity (Wildman–Crippen MR) is 290 cm³/mol. The highest BCUT2D eigenvalue weighted by molar-refractivity contribution is 6.12. The van der Waals surface area contributed by atoms with Gasteiger partial charge in [0.2, 0.25) is 0 Å². The average molecular weight is 891 g/mol. The summed E-state index contributed by atoms with van der Waals surface area (Å²) in [5, 5.41) is 4.66. The van der Waals surface area contributed by atoms with Gasteiger partial charge in [-0.05, 0) is 146 Å². The fourth-order valence-corrected chi connectivity index (χ4v) is 12.2. The molecule has 0 aliphatic heterocycles. The molecule has 3 heteroatoms. The molecule has 1 spiro atoms. The summed E-state index contributed by atoms with van der Waals surface area (Å²) in [6, 6.07) is 93.3. The van der Waals surface area contributed by atoms with Crippen LogP contribution in [0.2, 0.25) is 0 Å². The lowest BCUT2D eigenvalue weighted by Gasteiger charge is -2.31. The third-order valence-electron chi connectivity index (χ3n) is 15.2. The highest BCUT2D eigenvalue weighted by atomic mass is 16.3. The molecule has 0 fully saturated rings. The number of anilines is 3. The Morgan fingerprint density at radius 1 is 0.300 bits per heavy atom. The first-order chi connectivity index (χ1) is 34.7. The summed E-state index contributed by atoms with van der Waals surface area (Å²) in [5.74, 6) is 0. The number of benzene rings is 11. The molecular weight excluding hydrogens is 849 g/mol. The fourth-order valence-electron chi connectivity index (χ4n) is 12.2. The Hall–Kier alpha value is -9.18. The van der Waals surface area contributed by atoms with Crippen LogP contribution < -0.4 is 4.90 Å². The molecule has 2 aliphatic carbocycles. The molecule has 0 amide bonds. The Balaban J connectivity index is 0.872. The summed E-state index contributed by atoms with van der Waals surface area (Å²) in [6.07, 6.45) is 0. The first kappa shape index (κ1) is 38.9. The van der Waals surface area contributed by atoms with Crippen molar-refractivity contribution < 1.29 is 4.42 Å². The SMILES string of the molecule is c1ccc(-c2ccc(N(c3ccc4c(c3)-c3ccccc3C43c4ccccc4-c4ccccc43)c3ccc4c(c3)oc3ccc(-c5ccc6c(c5)c5ccccc5n6-c5ccccc5)cc34)cc2)cc1. The van der Waals surface area contributed by atoms with Crippen molar-refractivity contribution in [2.24, 2.45) is 0 Å². The van der Waals surface area contributed by atoms with Crippen LogP contribution in [0.15, 0.2) is 259 Å². The van der Waals surface area contributed by atoms with Crippen LogP contribution in [-0.2, 0) is 5.41 Å². The van der Waals surface area contributed by atoms with Gasteiger partial charge < -0.3 is 13.9 Å². The van der Waals surface area contributed by atoms with Gasteiger partial charge in [-0.25, -0.2) is 0 Å². The molecule has 0 saturated carbocycles. The second-order valence-corrected chi connectivity index (χ2v) is 18.8. The number of nitrogens with zero attached hydrogens (tertiary/aromatic N) is 2. The van der Waals surface area contributed by atoms with Crippen LogP contribution in [-0.4, -0.2) is 4.57 Å². The van der Waals surface area contributed by atoms with Gasteiger partial charge in [0, 0.05) is 50.4 Å². The van der Waals surface area contributed by atoms with Gasteiger partial charge in [0.05, 0.1) is 16.4 Å². The summed E-state index contributed by atoms with van der Waals surface area (Å²) in [4.78, 5) is 2.39. The second-order valence-electron chi connectivity index (χ2n) is 18.8. The summed E-state index contributed by atoms with van der Waals surface area (Å²) >= 11 is 0. The van der Waals surface area contributed by atoms with E-state index in [0.717, 1.165) is 50.3 Å². The van der Waals surface area contributed by atoms with Crippen LogP contribution in [0.5, 0.6) is 0 Å². The Labute approximate surface area is 405 Å². The van der Waals surface area contributed by atoms with E-state index in [-0.39, 0.29) is 0 Å². The molecule has 13 aromatic rings. The molecule has 2 aromatic heterocycles. The molecule has 2 aliphatic rings. The molecule has 0 saturated heterocycles. The lowest BCUT2D eigenvalue weighted by molar-refractivity contribution is 0.669. The lowest BCUT2D eigenvalue weighted by Crippen LogP contribution is -2.25. The van der Waals surface area contributed by atoms with Gasteiger partial charge in [0.25, 0.3) is 0 Å². The summed E-state index contributed by atoms with van der Waals surface area (Å²) in [7, 11) is 0. The number of rotatable bonds is 6. The Morgan fingerprint density at radius 2 is 0.814 bits per heavy atom. The number of furan rings is 1. The van der Waals surface area contributed by atoms with Gasteiger partial charge in [-0.3, -0.25) is 0 Å². The van der Waals surface area contributed by atoms with E-state index in [9.17, 15) is 0 Å². The highest BCUT2D eigenvalue weighted by Crippen LogP contribution is 2.63. The van der Waals surface area contributed by atoms with Crippen LogP contribution in [0.1, 0.15) is 22.3 Å². The van der Waals surface area contributed by atoms with Crippen LogP contribution in [0.3, 0.4) is 0 Å². The highest BCUT2D eigenvalue weighted by Gasteiger charge is 2.51. The maximum absolute atomic E-state index is 6.78. The summed E-state index contributed by atoms with van der Waals surface area (Å²) in [6.45, 7) is 0. The van der Waals surface area contributed by atoms with E-state index in [2.05, 4.69) is 264 Å². The fraction of sp³-hybridized carbons (Fsp3) is 0.0149. The topological polar surface area (TPSA) is 21.3 Å². The van der Waals surface area contributed by atoms with Crippen LogP contribution >= 0.6 is 0 Å². The van der Waals surface area contributed by atoms with Crippen molar-refractivity contribution >= 4 is 60.8 Å². The van der Waals surface area contributed by atoms with E-state index >= 15 is 0 Å². The summed E-state index contributed by atoms with van der Waals surface area (Å²) in [5.41, 5.74) is 23.2. The first-order valence-electron chi connectivity index (χ1n) is 24.2. The van der Waals surface area contributed by atoms with E-state index in [4.69, 9.17) is 4.42 Å². The van der Waals surface area contributed by atoms with Gasteiger partial charge in [0.1, 0.15) is 11.2 Å². The molecule has 0 unspecified atom stereocenters. The van der Waals surface area contributed by atoms with Gasteiger partial charge in [0.15, 0.2) is 0 Å². The van der Waals surface area contributed by atoms with Crippen molar-refractivity contribution in [3.8, 4) is 50.2 Å². The van der Waals surface area contributed by atoms with Crippen molar-refractivity contribution in [2.75, 3.05) is 4.90 Å². The van der Waals surface area contributed by atoms with Gasteiger partial charge >= 0.3 is 0 Å². The van der Waals surface area contributed by atoms with Gasteiger partial charge in [-0.2, -0.15) is 0 Å². The van der Waals surface area contributed by atoms with Gasteiger partial charge in [-0.1, -0.05) is 170 Å². The third-order valence-corrected chi connectivity index (χ3v) is 15.2. The van der Waals surface area contributed by atoms with E-state index in [1.54, 1.807) is 0 Å². The number of para-hydroxylation sites is 2. The van der Waals surface area contributed by atoms with Crippen LogP contribution in [0, 0.1) is 0 Å². The Bertz CT molecular complexity index is 4190. The zero-order chi connectivity index (χ0) is 45.9. The van der Waals surface area contributed by atoms with Crippen LogP contribution in [0.25, 0.3) is 93.9 Å². The Kier molecular flexibility index (Phi) is 8.28. The molecule has 11 aromatic carbocycles. The molecule has 15 rings (SSSR count). The van der Waals surface area contributed by atoms with E-state index in [0.29, 0.717) is 0 Å². The normalized spacial score (nSPS) is 13.0. The number of aromatic nitrogens is 1. The number of hydrogen-bond donors (Lipinski definition) is 0. The molecule has 70 heavy (non-hydrogen) atoms. The lowest BCUT2D eigenvalue weighted by atomic mass is 9.70. The molecule has 3 nitrogen and oxygen atoms in total. The van der Waals surface area contributed by atoms with E-state index in [1.165, 1.54) is 83.0 Å². The molecule has 0 bridgehead atoms. The summed E-state index contributed by atoms with van der Waals surface area (Å²) < 4.78 is 9.15. The standard InChI is InChI=1S/C67H42N2O/c1-3-15-43(16-4-1)44-27-31-48(32-28-44)68(49-34-36-62-56(41-49)53-21-9-13-25-61(53)67(62)59-23-11-7-19-51(59)52-20-8-12-24-60(52)67)50-33-35-55-58-40-46(30-38-65(58)70-66(55)42-50)45-29-37-64-57(39-45)54-22-10-14-26-63(54)69(64)47-17-5-2-6-18-47/h1-42H. The molecular formula is C67H42N2O. The second kappa shape index (κ2) is 14.9. The molecule has 0 atom stereocenters. The number of fused-ring (bicyclic) bond motifs is 16. The van der Waals surface area contributed by atoms with Crippen molar-refractivity contribution in [2.45, 2.75) is 5.41 Å². The molecule has 2 heterocycles. The monoisotopic (exact) mass is 890 g/mol. The van der Waals surface area contributed by atoms with Crippen LogP contribution in [0.4, 0.5) is 17.1 Å². The largest absolute Gasteiger partial charge is 0.456 e. The minimum Gasteiger partial charge on any atom is -0.456 e. The van der Waals surface area contributed by atoms with Gasteiger partial charge in [-0.15, -0.1) is 0 Å². The minimum absolute atomic E-state index is 0.404. The third kappa shape index (κ3) is 5.52.